The summed E-state index contributed by atoms with van der Waals surface area (Å²) in [7, 11) is 1.64. The molecule has 1 aromatic heterocycles. The first-order chi connectivity index (χ1) is 14.6. The molecular weight excluding hydrogens is 380 g/mol. The number of aromatic nitrogens is 1. The molecule has 2 heterocycles. The van der Waals surface area contributed by atoms with Crippen LogP contribution >= 0.6 is 0 Å². The van der Waals surface area contributed by atoms with Crippen LogP contribution in [0.3, 0.4) is 0 Å². The highest BCUT2D eigenvalue weighted by Gasteiger charge is 2.34. The van der Waals surface area contributed by atoms with E-state index < -0.39 is 0 Å². The first kappa shape index (κ1) is 21.9. The number of likely N-dealkylation sites (N-methyl/N-ethyl adjacent to an activating group) is 1. The van der Waals surface area contributed by atoms with E-state index in [1.54, 1.807) is 12.0 Å². The number of amides is 2. The number of carbonyl (C=O) groups is 2. The topological polar surface area (TPSA) is 66.8 Å². The molecule has 7 nitrogen and oxygen atoms in total. The van der Waals surface area contributed by atoms with Crippen molar-refractivity contribution in [3.05, 3.63) is 53.9 Å². The van der Waals surface area contributed by atoms with Gasteiger partial charge in [-0.3, -0.25) is 9.59 Å². The van der Waals surface area contributed by atoms with Crippen LogP contribution in [0.15, 0.2) is 42.6 Å². The molecule has 30 heavy (non-hydrogen) atoms. The fourth-order valence-corrected chi connectivity index (χ4v) is 4.07. The number of fused-ring (bicyclic) bond motifs is 1. The van der Waals surface area contributed by atoms with Gasteiger partial charge >= 0.3 is 0 Å². The van der Waals surface area contributed by atoms with Gasteiger partial charge in [-0.05, 0) is 31.3 Å². The van der Waals surface area contributed by atoms with Gasteiger partial charge in [0.1, 0.15) is 18.2 Å². The van der Waals surface area contributed by atoms with Crippen LogP contribution in [0.1, 0.15) is 37.6 Å². The molecule has 1 aliphatic heterocycles. The number of nitrogens with one attached hydrogen (secondary N) is 1. The van der Waals surface area contributed by atoms with Crippen LogP contribution in [0, 0.1) is 0 Å². The second-order valence-corrected chi connectivity index (χ2v) is 7.41. The number of methoxy groups -OCH3 is 1. The molecule has 0 radical (unpaired) electrons. The van der Waals surface area contributed by atoms with Gasteiger partial charge in [0.25, 0.3) is 0 Å². The largest absolute Gasteiger partial charge is 0.496 e. The number of para-hydroxylation sites is 1. The van der Waals surface area contributed by atoms with Gasteiger partial charge in [0.05, 0.1) is 7.11 Å². The number of rotatable bonds is 9. The first-order valence-electron chi connectivity index (χ1n) is 10.7. The van der Waals surface area contributed by atoms with Crippen LogP contribution in [-0.2, 0) is 16.1 Å². The SMILES string of the molecule is CCN(CC)CCNC(=O)CC(=O)N1CCn2cccc2C1c1ccccc1OC. The lowest BCUT2D eigenvalue weighted by Gasteiger charge is -2.37. The van der Waals surface area contributed by atoms with Crippen molar-refractivity contribution in [2.24, 2.45) is 0 Å². The molecule has 0 fully saturated rings. The van der Waals surface area contributed by atoms with Crippen molar-refractivity contribution >= 4 is 11.8 Å². The summed E-state index contributed by atoms with van der Waals surface area (Å²) in [5, 5.41) is 2.89. The monoisotopic (exact) mass is 412 g/mol. The maximum Gasteiger partial charge on any atom is 0.232 e. The highest BCUT2D eigenvalue weighted by molar-refractivity contribution is 5.97. The third-order valence-electron chi connectivity index (χ3n) is 5.75. The summed E-state index contributed by atoms with van der Waals surface area (Å²) in [4.78, 5) is 29.6. The molecule has 1 unspecified atom stereocenters. The molecule has 1 aliphatic rings. The van der Waals surface area contributed by atoms with Crippen molar-refractivity contribution in [2.45, 2.75) is 32.9 Å². The summed E-state index contributed by atoms with van der Waals surface area (Å²) in [6.07, 6.45) is 1.88. The molecule has 1 aromatic carbocycles. The summed E-state index contributed by atoms with van der Waals surface area (Å²) in [6, 6.07) is 11.5. The third-order valence-corrected chi connectivity index (χ3v) is 5.75. The smallest absolute Gasteiger partial charge is 0.232 e. The van der Waals surface area contributed by atoms with Crippen LogP contribution < -0.4 is 10.1 Å². The van der Waals surface area contributed by atoms with Gasteiger partial charge in [0.2, 0.25) is 11.8 Å². The fraction of sp³-hybridized carbons (Fsp3) is 0.478. The average Bonchev–Trinajstić information content (AvgIpc) is 3.25. The summed E-state index contributed by atoms with van der Waals surface area (Å²) in [5.41, 5.74) is 1.95. The standard InChI is InChI=1S/C23H32N4O3/c1-4-25(5-2)14-12-24-21(28)17-22(29)27-16-15-26-13-8-10-19(26)23(27)18-9-6-7-11-20(18)30-3/h6-11,13,23H,4-5,12,14-17H2,1-3H3,(H,24,28). The van der Waals surface area contributed by atoms with E-state index in [4.69, 9.17) is 4.74 Å². The van der Waals surface area contributed by atoms with Crippen molar-refractivity contribution in [2.75, 3.05) is 39.8 Å². The number of nitrogens with zero attached hydrogens (tertiary/aromatic N) is 3. The third kappa shape index (κ3) is 4.84. The van der Waals surface area contributed by atoms with Gasteiger partial charge < -0.3 is 24.4 Å². The average molecular weight is 413 g/mol. The predicted molar refractivity (Wildman–Crippen MR) is 116 cm³/mol. The molecule has 7 heteroatoms. The molecule has 0 spiro atoms. The molecule has 0 bridgehead atoms. The second kappa shape index (κ2) is 10.3. The maximum atomic E-state index is 13.1. The van der Waals surface area contributed by atoms with Gasteiger partial charge in [-0.1, -0.05) is 32.0 Å². The molecule has 162 valence electrons. The highest BCUT2D eigenvalue weighted by atomic mass is 16.5. The van der Waals surface area contributed by atoms with E-state index in [0.29, 0.717) is 19.6 Å². The molecule has 1 N–H and O–H groups in total. The number of ether oxygens (including phenoxy) is 1. The Bertz CT molecular complexity index is 860. The Morgan fingerprint density at radius 1 is 1.13 bits per heavy atom. The first-order valence-corrected chi connectivity index (χ1v) is 10.7. The van der Waals surface area contributed by atoms with Crippen LogP contribution in [-0.4, -0.2) is 66.0 Å². The van der Waals surface area contributed by atoms with E-state index in [1.165, 1.54) is 0 Å². The Morgan fingerprint density at radius 2 is 1.90 bits per heavy atom. The van der Waals surface area contributed by atoms with Gasteiger partial charge in [0, 0.05) is 43.6 Å². The normalized spacial score (nSPS) is 15.7. The molecule has 0 saturated carbocycles. The number of benzene rings is 1. The van der Waals surface area contributed by atoms with Crippen molar-refractivity contribution in [1.82, 2.24) is 19.7 Å². The van der Waals surface area contributed by atoms with E-state index in [0.717, 1.165) is 36.6 Å². The quantitative estimate of drug-likeness (QED) is 0.642. The highest BCUT2D eigenvalue weighted by Crippen LogP contribution is 2.37. The zero-order valence-corrected chi connectivity index (χ0v) is 18.1. The summed E-state index contributed by atoms with van der Waals surface area (Å²) in [5.74, 6) is 0.337. The molecule has 0 saturated heterocycles. The van der Waals surface area contributed by atoms with Crippen LogP contribution in [0.5, 0.6) is 5.75 Å². The van der Waals surface area contributed by atoms with Crippen molar-refractivity contribution < 1.29 is 14.3 Å². The van der Waals surface area contributed by atoms with E-state index >= 15 is 0 Å². The second-order valence-electron chi connectivity index (χ2n) is 7.41. The van der Waals surface area contributed by atoms with Gasteiger partial charge in [-0.15, -0.1) is 0 Å². The molecule has 2 amide bonds. The molecule has 3 rings (SSSR count). The Morgan fingerprint density at radius 3 is 2.63 bits per heavy atom. The Balaban J connectivity index is 1.73. The molecule has 0 aliphatic carbocycles. The summed E-state index contributed by atoms with van der Waals surface area (Å²) < 4.78 is 7.72. The predicted octanol–water partition coefficient (Wildman–Crippen LogP) is 2.28. The number of hydrogen-bond acceptors (Lipinski definition) is 4. The lowest BCUT2D eigenvalue weighted by molar-refractivity contribution is -0.138. The van der Waals surface area contributed by atoms with E-state index in [2.05, 4.69) is 28.6 Å². The summed E-state index contributed by atoms with van der Waals surface area (Å²) in [6.45, 7) is 8.68. The lowest BCUT2D eigenvalue weighted by Crippen LogP contribution is -2.44. The Hall–Kier alpha value is -2.80. The lowest BCUT2D eigenvalue weighted by atomic mass is 9.98. The minimum atomic E-state index is -0.277. The van der Waals surface area contributed by atoms with Crippen molar-refractivity contribution in [3.8, 4) is 5.75 Å². The van der Waals surface area contributed by atoms with Crippen molar-refractivity contribution in [3.63, 3.8) is 0 Å². The van der Waals surface area contributed by atoms with E-state index in [-0.39, 0.29) is 24.3 Å². The Labute approximate surface area is 178 Å². The number of carbonyl (C=O) groups excluding carboxylic acids is 2. The number of hydrogen-bond donors (Lipinski definition) is 1. The minimum absolute atomic E-state index is 0.148. The van der Waals surface area contributed by atoms with Crippen molar-refractivity contribution in [1.29, 1.82) is 0 Å². The summed E-state index contributed by atoms with van der Waals surface area (Å²) >= 11 is 0. The fourth-order valence-electron chi connectivity index (χ4n) is 4.07. The molecule has 2 aromatic rings. The zero-order valence-electron chi connectivity index (χ0n) is 18.1. The van der Waals surface area contributed by atoms with Gasteiger partial charge in [-0.25, -0.2) is 0 Å². The molecular formula is C23H32N4O3. The Kier molecular flexibility index (Phi) is 7.52. The van der Waals surface area contributed by atoms with Crippen LogP contribution in [0.4, 0.5) is 0 Å². The van der Waals surface area contributed by atoms with Gasteiger partial charge in [-0.2, -0.15) is 0 Å². The van der Waals surface area contributed by atoms with Crippen LogP contribution in [0.25, 0.3) is 0 Å². The zero-order chi connectivity index (χ0) is 21.5. The van der Waals surface area contributed by atoms with E-state index in [9.17, 15) is 9.59 Å². The minimum Gasteiger partial charge on any atom is -0.496 e. The maximum absolute atomic E-state index is 13.1. The van der Waals surface area contributed by atoms with E-state index in [1.807, 2.05) is 42.6 Å². The molecule has 1 atom stereocenters. The van der Waals surface area contributed by atoms with Crippen LogP contribution in [0.2, 0.25) is 0 Å². The van der Waals surface area contributed by atoms with Gasteiger partial charge in [0.15, 0.2) is 0 Å².